The van der Waals surface area contributed by atoms with Gasteiger partial charge < -0.3 is 14.8 Å². The van der Waals surface area contributed by atoms with Crippen molar-refractivity contribution in [3.63, 3.8) is 0 Å². The molecule has 1 atom stereocenters. The van der Waals surface area contributed by atoms with E-state index in [1.54, 1.807) is 12.4 Å². The number of hydrogen-bond acceptors (Lipinski definition) is 3. The second kappa shape index (κ2) is 7.51. The van der Waals surface area contributed by atoms with Gasteiger partial charge in [-0.15, -0.1) is 0 Å². The normalized spacial score (nSPS) is 16.9. The van der Waals surface area contributed by atoms with E-state index < -0.39 is 0 Å². The third-order valence-corrected chi connectivity index (χ3v) is 4.46. The number of pyridine rings is 1. The highest BCUT2D eigenvalue weighted by molar-refractivity contribution is 5.93. The van der Waals surface area contributed by atoms with Crippen molar-refractivity contribution in [1.82, 2.24) is 19.8 Å². The maximum absolute atomic E-state index is 13.2. The van der Waals surface area contributed by atoms with Crippen molar-refractivity contribution >= 4 is 11.8 Å². The molecule has 132 valence electrons. The van der Waals surface area contributed by atoms with Gasteiger partial charge in [-0.1, -0.05) is 6.07 Å². The van der Waals surface area contributed by atoms with Gasteiger partial charge in [-0.2, -0.15) is 0 Å². The lowest BCUT2D eigenvalue weighted by molar-refractivity contribution is -0.119. The van der Waals surface area contributed by atoms with E-state index in [9.17, 15) is 9.59 Å². The fourth-order valence-electron chi connectivity index (χ4n) is 3.20. The van der Waals surface area contributed by atoms with Crippen LogP contribution in [0.25, 0.3) is 0 Å². The van der Waals surface area contributed by atoms with Gasteiger partial charge in [0.1, 0.15) is 5.69 Å². The van der Waals surface area contributed by atoms with Crippen molar-refractivity contribution in [3.8, 4) is 0 Å². The van der Waals surface area contributed by atoms with E-state index in [-0.39, 0.29) is 23.9 Å². The Morgan fingerprint density at radius 2 is 2.24 bits per heavy atom. The average Bonchev–Trinajstić information content (AvgIpc) is 3.23. The molecule has 3 rings (SSSR count). The van der Waals surface area contributed by atoms with Gasteiger partial charge in [0.2, 0.25) is 5.91 Å². The highest BCUT2D eigenvalue weighted by Gasteiger charge is 2.27. The standard InChI is InChI=1S/C19H24N4O2/c1-14(2)23-10-4-6-17(23)19(25)22(12-15-5-3-9-20-11-15)13-16-7-8-18(24)21-16/h3-6,9-11,14,16H,7-8,12-13H2,1-2H3,(H,21,24)/t16-/m0/s1. The molecular weight excluding hydrogens is 316 g/mol. The fraction of sp³-hybridized carbons (Fsp3) is 0.421. The van der Waals surface area contributed by atoms with E-state index in [0.29, 0.717) is 25.2 Å². The number of hydrogen-bond donors (Lipinski definition) is 1. The summed E-state index contributed by atoms with van der Waals surface area (Å²) in [5.41, 5.74) is 1.64. The molecule has 1 N–H and O–H groups in total. The quantitative estimate of drug-likeness (QED) is 0.878. The number of amides is 2. The molecule has 0 saturated carbocycles. The molecule has 0 aliphatic carbocycles. The summed E-state index contributed by atoms with van der Waals surface area (Å²) in [5, 5.41) is 2.95. The van der Waals surface area contributed by atoms with Crippen molar-refractivity contribution in [3.05, 3.63) is 54.1 Å². The number of carbonyl (C=O) groups excluding carboxylic acids is 2. The van der Waals surface area contributed by atoms with E-state index in [4.69, 9.17) is 0 Å². The summed E-state index contributed by atoms with van der Waals surface area (Å²) >= 11 is 0. The summed E-state index contributed by atoms with van der Waals surface area (Å²) in [5.74, 6) is 0.0352. The van der Waals surface area contributed by atoms with Crippen LogP contribution in [0.2, 0.25) is 0 Å². The number of nitrogens with one attached hydrogen (secondary N) is 1. The van der Waals surface area contributed by atoms with Gasteiger partial charge in [0, 0.05) is 50.2 Å². The zero-order valence-electron chi connectivity index (χ0n) is 14.7. The van der Waals surface area contributed by atoms with Crippen LogP contribution < -0.4 is 5.32 Å². The molecule has 1 fully saturated rings. The van der Waals surface area contributed by atoms with Crippen LogP contribution in [-0.4, -0.2) is 38.9 Å². The molecule has 3 heterocycles. The molecule has 0 radical (unpaired) electrons. The van der Waals surface area contributed by atoms with Crippen LogP contribution in [-0.2, 0) is 11.3 Å². The van der Waals surface area contributed by atoms with Crippen molar-refractivity contribution in [2.45, 2.75) is 45.3 Å². The Labute approximate surface area is 147 Å². The number of rotatable bonds is 6. The predicted molar refractivity (Wildman–Crippen MR) is 95.0 cm³/mol. The van der Waals surface area contributed by atoms with Crippen LogP contribution in [0.5, 0.6) is 0 Å². The van der Waals surface area contributed by atoms with Crippen LogP contribution in [0.15, 0.2) is 42.9 Å². The van der Waals surface area contributed by atoms with Crippen LogP contribution in [0.4, 0.5) is 0 Å². The Balaban J connectivity index is 1.82. The molecule has 6 nitrogen and oxygen atoms in total. The molecule has 0 unspecified atom stereocenters. The van der Waals surface area contributed by atoms with E-state index in [1.165, 1.54) is 0 Å². The largest absolute Gasteiger partial charge is 0.352 e. The molecule has 2 amide bonds. The van der Waals surface area contributed by atoms with Gasteiger partial charge >= 0.3 is 0 Å². The zero-order chi connectivity index (χ0) is 17.8. The molecular formula is C19H24N4O2. The van der Waals surface area contributed by atoms with Crippen LogP contribution in [0, 0.1) is 0 Å². The summed E-state index contributed by atoms with van der Waals surface area (Å²) in [7, 11) is 0. The minimum Gasteiger partial charge on any atom is -0.352 e. The molecule has 1 saturated heterocycles. The molecule has 6 heteroatoms. The smallest absolute Gasteiger partial charge is 0.270 e. The Morgan fingerprint density at radius 1 is 1.40 bits per heavy atom. The second-order valence-corrected chi connectivity index (χ2v) is 6.74. The van der Waals surface area contributed by atoms with Crippen LogP contribution in [0.1, 0.15) is 48.8 Å². The van der Waals surface area contributed by atoms with Gasteiger partial charge in [0.05, 0.1) is 0 Å². The lowest BCUT2D eigenvalue weighted by atomic mass is 10.1. The first-order chi connectivity index (χ1) is 12.0. The summed E-state index contributed by atoms with van der Waals surface area (Å²) in [4.78, 5) is 30.6. The third-order valence-electron chi connectivity index (χ3n) is 4.46. The number of aromatic nitrogens is 2. The van der Waals surface area contributed by atoms with Gasteiger partial charge in [0.15, 0.2) is 0 Å². The maximum Gasteiger partial charge on any atom is 0.270 e. The lowest BCUT2D eigenvalue weighted by Crippen LogP contribution is -2.42. The van der Waals surface area contributed by atoms with Gasteiger partial charge in [-0.3, -0.25) is 14.6 Å². The minimum atomic E-state index is -0.0243. The van der Waals surface area contributed by atoms with Crippen molar-refractivity contribution < 1.29 is 9.59 Å². The molecule has 0 aromatic carbocycles. The Kier molecular flexibility index (Phi) is 5.16. The minimum absolute atomic E-state index is 0.00980. The van der Waals surface area contributed by atoms with Gasteiger partial charge in [-0.25, -0.2) is 0 Å². The van der Waals surface area contributed by atoms with Gasteiger partial charge in [0.25, 0.3) is 5.91 Å². The van der Waals surface area contributed by atoms with E-state index in [0.717, 1.165) is 12.0 Å². The van der Waals surface area contributed by atoms with Crippen molar-refractivity contribution in [1.29, 1.82) is 0 Å². The lowest BCUT2D eigenvalue weighted by Gasteiger charge is -2.27. The highest BCUT2D eigenvalue weighted by atomic mass is 16.2. The maximum atomic E-state index is 13.2. The molecule has 1 aliphatic rings. The van der Waals surface area contributed by atoms with E-state index >= 15 is 0 Å². The second-order valence-electron chi connectivity index (χ2n) is 6.74. The first-order valence-corrected chi connectivity index (χ1v) is 8.69. The molecule has 2 aromatic heterocycles. The van der Waals surface area contributed by atoms with E-state index in [1.807, 2.05) is 39.9 Å². The Hall–Kier alpha value is -2.63. The number of carbonyl (C=O) groups is 2. The monoisotopic (exact) mass is 340 g/mol. The zero-order valence-corrected chi connectivity index (χ0v) is 14.7. The Morgan fingerprint density at radius 3 is 2.88 bits per heavy atom. The fourth-order valence-corrected chi connectivity index (χ4v) is 3.20. The first-order valence-electron chi connectivity index (χ1n) is 8.69. The predicted octanol–water partition coefficient (Wildman–Crippen LogP) is 2.38. The summed E-state index contributed by atoms with van der Waals surface area (Å²) < 4.78 is 1.98. The summed E-state index contributed by atoms with van der Waals surface area (Å²) in [6.07, 6.45) is 6.71. The third kappa shape index (κ3) is 4.07. The van der Waals surface area contributed by atoms with E-state index in [2.05, 4.69) is 24.1 Å². The molecule has 1 aliphatic heterocycles. The SMILES string of the molecule is CC(C)n1cccc1C(=O)N(Cc1cccnc1)C[C@@H]1CCC(=O)N1. The highest BCUT2D eigenvalue weighted by Crippen LogP contribution is 2.17. The average molecular weight is 340 g/mol. The van der Waals surface area contributed by atoms with Crippen LogP contribution in [0.3, 0.4) is 0 Å². The number of nitrogens with zero attached hydrogens (tertiary/aromatic N) is 3. The summed E-state index contributed by atoms with van der Waals surface area (Å²) in [6, 6.07) is 7.79. The topological polar surface area (TPSA) is 67.2 Å². The summed E-state index contributed by atoms with van der Waals surface area (Å²) in [6.45, 7) is 5.09. The molecule has 0 spiro atoms. The van der Waals surface area contributed by atoms with Gasteiger partial charge in [-0.05, 0) is 44.0 Å². The Bertz CT molecular complexity index is 739. The van der Waals surface area contributed by atoms with Crippen LogP contribution >= 0.6 is 0 Å². The molecule has 25 heavy (non-hydrogen) atoms. The van der Waals surface area contributed by atoms with Crippen molar-refractivity contribution in [2.75, 3.05) is 6.54 Å². The molecule has 2 aromatic rings. The first kappa shape index (κ1) is 17.2. The molecule has 0 bridgehead atoms. The van der Waals surface area contributed by atoms with Crippen molar-refractivity contribution in [2.24, 2.45) is 0 Å².